The zero-order valence-corrected chi connectivity index (χ0v) is 18.1. The van der Waals surface area contributed by atoms with Crippen molar-refractivity contribution in [1.29, 1.82) is 0 Å². The topological polar surface area (TPSA) is 76.0 Å². The second-order valence-electron chi connectivity index (χ2n) is 6.68. The molecule has 0 aromatic heterocycles. The Balaban J connectivity index is 1.54. The number of ether oxygens (including phenoxy) is 1. The predicted octanol–water partition coefficient (Wildman–Crippen LogP) is 3.67. The minimum absolute atomic E-state index is 0.0295. The number of hydrogen-bond donors (Lipinski definition) is 0. The van der Waals surface area contributed by atoms with Crippen LogP contribution >= 0.6 is 35.0 Å². The SMILES string of the molecule is O=C(COc1ccc(Cl)cc1)N=C1S[C@H]2CS(=O)(=O)C[C@@H]2N1c1ccc(Cl)cc1. The number of benzene rings is 2. The van der Waals surface area contributed by atoms with E-state index in [4.69, 9.17) is 27.9 Å². The van der Waals surface area contributed by atoms with Gasteiger partial charge in [0.05, 0.1) is 17.5 Å². The van der Waals surface area contributed by atoms with Crippen molar-refractivity contribution in [2.45, 2.75) is 11.3 Å². The van der Waals surface area contributed by atoms with Crippen molar-refractivity contribution in [3.63, 3.8) is 0 Å². The molecule has 0 radical (unpaired) electrons. The second kappa shape index (κ2) is 8.18. The molecule has 6 nitrogen and oxygen atoms in total. The maximum absolute atomic E-state index is 12.4. The van der Waals surface area contributed by atoms with Gasteiger partial charge >= 0.3 is 0 Å². The molecule has 10 heteroatoms. The van der Waals surface area contributed by atoms with Crippen molar-refractivity contribution in [2.24, 2.45) is 4.99 Å². The molecule has 2 saturated heterocycles. The Bertz CT molecular complexity index is 1060. The van der Waals surface area contributed by atoms with Gasteiger partial charge in [0.15, 0.2) is 21.6 Å². The van der Waals surface area contributed by atoms with Gasteiger partial charge in [-0.3, -0.25) is 4.79 Å². The highest BCUT2D eigenvalue weighted by atomic mass is 35.5. The maximum atomic E-state index is 12.4. The average Bonchev–Trinajstić information content (AvgIpc) is 3.13. The molecule has 4 rings (SSSR count). The lowest BCUT2D eigenvalue weighted by molar-refractivity contribution is -0.119. The molecule has 2 fully saturated rings. The first-order chi connectivity index (χ1) is 13.8. The van der Waals surface area contributed by atoms with Crippen LogP contribution in [0.15, 0.2) is 53.5 Å². The number of carbonyl (C=O) groups is 1. The van der Waals surface area contributed by atoms with Gasteiger partial charge in [-0.1, -0.05) is 35.0 Å². The second-order valence-corrected chi connectivity index (χ2v) is 10.9. The summed E-state index contributed by atoms with van der Waals surface area (Å²) in [4.78, 5) is 18.4. The number of fused-ring (bicyclic) bond motifs is 1. The van der Waals surface area contributed by atoms with Gasteiger partial charge in [-0.15, -0.1) is 0 Å². The van der Waals surface area contributed by atoms with Gasteiger partial charge in [-0.05, 0) is 48.5 Å². The van der Waals surface area contributed by atoms with Crippen molar-refractivity contribution >= 4 is 61.6 Å². The summed E-state index contributed by atoms with van der Waals surface area (Å²) in [6, 6.07) is 13.4. The number of sulfone groups is 1. The molecular weight excluding hydrogens is 455 g/mol. The van der Waals surface area contributed by atoms with Crippen molar-refractivity contribution < 1.29 is 17.9 Å². The molecule has 2 atom stereocenters. The zero-order chi connectivity index (χ0) is 20.6. The lowest BCUT2D eigenvalue weighted by Crippen LogP contribution is -2.37. The molecular formula is C19H16Cl2N2O4S2. The van der Waals surface area contributed by atoms with Crippen LogP contribution < -0.4 is 9.64 Å². The summed E-state index contributed by atoms with van der Waals surface area (Å²) in [6.07, 6.45) is 0. The van der Waals surface area contributed by atoms with E-state index in [1.807, 2.05) is 4.90 Å². The number of anilines is 1. The number of amidine groups is 1. The first-order valence-corrected chi connectivity index (χ1v) is 12.2. The number of nitrogens with zero attached hydrogens (tertiary/aromatic N) is 2. The Morgan fingerprint density at radius 2 is 1.69 bits per heavy atom. The van der Waals surface area contributed by atoms with Crippen LogP contribution in [0.3, 0.4) is 0 Å². The van der Waals surface area contributed by atoms with Crippen LogP contribution in [0.1, 0.15) is 0 Å². The molecule has 2 aromatic carbocycles. The highest BCUT2D eigenvalue weighted by Gasteiger charge is 2.49. The van der Waals surface area contributed by atoms with E-state index in [1.54, 1.807) is 48.5 Å². The monoisotopic (exact) mass is 470 g/mol. The molecule has 2 heterocycles. The average molecular weight is 471 g/mol. The molecule has 152 valence electrons. The molecule has 0 aliphatic carbocycles. The van der Waals surface area contributed by atoms with Crippen molar-refractivity contribution in [2.75, 3.05) is 23.0 Å². The minimum atomic E-state index is -3.12. The largest absolute Gasteiger partial charge is 0.484 e. The highest BCUT2D eigenvalue weighted by molar-refractivity contribution is 8.16. The van der Waals surface area contributed by atoms with Gasteiger partial charge in [0, 0.05) is 21.0 Å². The van der Waals surface area contributed by atoms with Gasteiger partial charge < -0.3 is 9.64 Å². The third-order valence-corrected chi connectivity index (χ3v) is 8.28. The summed E-state index contributed by atoms with van der Waals surface area (Å²) in [5.41, 5.74) is 0.747. The molecule has 0 N–H and O–H groups in total. The van der Waals surface area contributed by atoms with E-state index in [0.717, 1.165) is 5.69 Å². The molecule has 2 aliphatic rings. The number of aliphatic imine (C=N–C) groups is 1. The van der Waals surface area contributed by atoms with E-state index in [-0.39, 0.29) is 29.4 Å². The maximum Gasteiger partial charge on any atom is 0.285 e. The van der Waals surface area contributed by atoms with E-state index in [2.05, 4.69) is 4.99 Å². The normalized spacial score (nSPS) is 23.9. The summed E-state index contributed by atoms with van der Waals surface area (Å²) in [6.45, 7) is -0.228. The van der Waals surface area contributed by atoms with Crippen molar-refractivity contribution in [3.8, 4) is 5.75 Å². The number of amides is 1. The third-order valence-electron chi connectivity index (χ3n) is 4.57. The van der Waals surface area contributed by atoms with E-state index in [1.165, 1.54) is 11.8 Å². The van der Waals surface area contributed by atoms with Gasteiger partial charge in [0.1, 0.15) is 5.75 Å². The minimum Gasteiger partial charge on any atom is -0.484 e. The van der Waals surface area contributed by atoms with E-state index >= 15 is 0 Å². The van der Waals surface area contributed by atoms with Crippen LogP contribution in [0.25, 0.3) is 0 Å². The Hall–Kier alpha value is -1.74. The lowest BCUT2D eigenvalue weighted by Gasteiger charge is -2.24. The van der Waals surface area contributed by atoms with Gasteiger partial charge in [-0.25, -0.2) is 8.42 Å². The molecule has 0 bridgehead atoms. The first kappa shape index (κ1) is 20.5. The predicted molar refractivity (Wildman–Crippen MR) is 117 cm³/mol. The Kier molecular flexibility index (Phi) is 5.79. The molecule has 29 heavy (non-hydrogen) atoms. The van der Waals surface area contributed by atoms with Crippen LogP contribution in [0, 0.1) is 0 Å². The smallest absolute Gasteiger partial charge is 0.285 e. The number of hydrogen-bond acceptors (Lipinski definition) is 5. The van der Waals surface area contributed by atoms with Crippen LogP contribution in [-0.2, 0) is 14.6 Å². The van der Waals surface area contributed by atoms with Gasteiger partial charge in [0.25, 0.3) is 5.91 Å². The van der Waals surface area contributed by atoms with Gasteiger partial charge in [-0.2, -0.15) is 4.99 Å². The lowest BCUT2D eigenvalue weighted by atomic mass is 10.2. The molecule has 0 spiro atoms. The number of carbonyl (C=O) groups excluding carboxylic acids is 1. The van der Waals surface area contributed by atoms with Crippen LogP contribution in [0.2, 0.25) is 10.0 Å². The molecule has 0 unspecified atom stereocenters. The summed E-state index contributed by atoms with van der Waals surface area (Å²) in [7, 11) is -3.12. The summed E-state index contributed by atoms with van der Waals surface area (Å²) < 4.78 is 29.6. The first-order valence-electron chi connectivity index (χ1n) is 8.72. The van der Waals surface area contributed by atoms with Crippen molar-refractivity contribution in [1.82, 2.24) is 0 Å². The standard InChI is InChI=1S/C19H16Cl2N2O4S2/c20-12-1-5-14(6-2-12)23-16-10-29(25,26)11-17(16)28-19(23)22-18(24)9-27-15-7-3-13(21)4-8-15/h1-8,16-17H,9-11H2/t16-,17-/m0/s1. The van der Waals surface area contributed by atoms with E-state index in [0.29, 0.717) is 21.0 Å². The number of thioether (sulfide) groups is 1. The Morgan fingerprint density at radius 1 is 1.07 bits per heavy atom. The fraction of sp³-hybridized carbons (Fsp3) is 0.263. The summed E-state index contributed by atoms with van der Waals surface area (Å²) >= 11 is 13.1. The fourth-order valence-electron chi connectivity index (χ4n) is 3.28. The third kappa shape index (κ3) is 4.71. The highest BCUT2D eigenvalue weighted by Crippen LogP contribution is 2.41. The summed E-state index contributed by atoms with van der Waals surface area (Å²) in [5, 5.41) is 1.45. The molecule has 1 amide bonds. The number of halogens is 2. The number of rotatable bonds is 4. The Morgan fingerprint density at radius 3 is 2.34 bits per heavy atom. The Labute approximate surface area is 182 Å². The zero-order valence-electron chi connectivity index (χ0n) is 15.0. The molecule has 2 aromatic rings. The quantitative estimate of drug-likeness (QED) is 0.678. The van der Waals surface area contributed by atoms with Crippen molar-refractivity contribution in [3.05, 3.63) is 58.6 Å². The molecule has 0 saturated carbocycles. The van der Waals surface area contributed by atoms with Crippen LogP contribution in [-0.4, -0.2) is 48.9 Å². The fourth-order valence-corrected chi connectivity index (χ4v) is 7.47. The van der Waals surface area contributed by atoms with Crippen LogP contribution in [0.4, 0.5) is 5.69 Å². The van der Waals surface area contributed by atoms with E-state index < -0.39 is 15.7 Å². The van der Waals surface area contributed by atoms with E-state index in [9.17, 15) is 13.2 Å². The summed E-state index contributed by atoms with van der Waals surface area (Å²) in [5.74, 6) is 0.159. The van der Waals surface area contributed by atoms with Gasteiger partial charge in [0.2, 0.25) is 0 Å². The van der Waals surface area contributed by atoms with Crippen LogP contribution in [0.5, 0.6) is 5.75 Å². The molecule has 2 aliphatic heterocycles.